The van der Waals surface area contributed by atoms with Gasteiger partial charge in [0.05, 0.1) is 41.6 Å². The lowest BCUT2D eigenvalue weighted by Gasteiger charge is -2.18. The maximum Gasteiger partial charge on any atom is 0.423 e. The normalized spacial score (nSPS) is 12.6. The van der Waals surface area contributed by atoms with Crippen molar-refractivity contribution in [3.05, 3.63) is 87.2 Å². The number of hydrogen-bond acceptors (Lipinski definition) is 12. The fourth-order valence-corrected chi connectivity index (χ4v) is 5.22. The average molecular weight is 637 g/mol. The monoisotopic (exact) mass is 636 g/mol. The Bertz CT molecular complexity index is 2120. The van der Waals surface area contributed by atoms with E-state index in [1.807, 2.05) is 38.5 Å². The highest BCUT2D eigenvalue weighted by Gasteiger charge is 2.27. The number of nitrogens with zero attached hydrogens (tertiary/aromatic N) is 5. The third-order valence-corrected chi connectivity index (χ3v) is 7.64. The van der Waals surface area contributed by atoms with Crippen LogP contribution in [0.5, 0.6) is 5.75 Å². The van der Waals surface area contributed by atoms with E-state index in [1.54, 1.807) is 12.1 Å². The summed E-state index contributed by atoms with van der Waals surface area (Å²) < 4.78 is 17.4. The molecule has 14 heteroatoms. The van der Waals surface area contributed by atoms with Crippen molar-refractivity contribution in [3.63, 3.8) is 0 Å². The molecule has 1 saturated carbocycles. The van der Waals surface area contributed by atoms with E-state index in [0.717, 1.165) is 48.5 Å². The molecule has 0 saturated heterocycles. The van der Waals surface area contributed by atoms with E-state index in [1.165, 1.54) is 13.3 Å². The summed E-state index contributed by atoms with van der Waals surface area (Å²) in [7, 11) is 5.46. The maximum atomic E-state index is 13.1. The van der Waals surface area contributed by atoms with Crippen LogP contribution in [0.3, 0.4) is 0 Å². The minimum Gasteiger partial charge on any atom is -0.494 e. The van der Waals surface area contributed by atoms with Crippen LogP contribution in [0.4, 0.5) is 23.0 Å². The van der Waals surface area contributed by atoms with E-state index >= 15 is 0 Å². The highest BCUT2D eigenvalue weighted by molar-refractivity contribution is 6.04. The Morgan fingerprint density at radius 1 is 1.15 bits per heavy atom. The fraction of sp³-hybridized carbons (Fsp3) is 0.273. The third-order valence-electron chi connectivity index (χ3n) is 7.64. The predicted octanol–water partition coefficient (Wildman–Crippen LogP) is 4.58. The van der Waals surface area contributed by atoms with Crippen LogP contribution in [0.25, 0.3) is 22.2 Å². The minimum atomic E-state index is -1.30. The van der Waals surface area contributed by atoms with Gasteiger partial charge in [0.15, 0.2) is 0 Å². The first kappa shape index (κ1) is 31.1. The highest BCUT2D eigenvalue weighted by Crippen LogP contribution is 2.42. The van der Waals surface area contributed by atoms with E-state index in [-0.39, 0.29) is 5.95 Å². The van der Waals surface area contributed by atoms with Gasteiger partial charge in [-0.2, -0.15) is 5.26 Å². The summed E-state index contributed by atoms with van der Waals surface area (Å²) in [5, 5.41) is 20.1. The van der Waals surface area contributed by atoms with Crippen molar-refractivity contribution in [2.75, 3.05) is 50.2 Å². The van der Waals surface area contributed by atoms with Gasteiger partial charge in [0.1, 0.15) is 18.1 Å². The van der Waals surface area contributed by atoms with Gasteiger partial charge in [-0.25, -0.2) is 19.6 Å². The van der Waals surface area contributed by atoms with Gasteiger partial charge in [-0.15, -0.1) is 0 Å². The smallest absolute Gasteiger partial charge is 0.423 e. The Balaban J connectivity index is 1.37. The number of carbonyl (C=O) groups is 1. The molecule has 0 unspecified atom stereocenters. The zero-order valence-electron chi connectivity index (χ0n) is 26.0. The molecular weight excluding hydrogens is 604 g/mol. The van der Waals surface area contributed by atoms with Gasteiger partial charge in [0.25, 0.3) is 5.91 Å². The molecule has 3 heterocycles. The minimum absolute atomic E-state index is 0.195. The molecule has 3 aromatic heterocycles. The molecule has 1 aliphatic rings. The van der Waals surface area contributed by atoms with Crippen molar-refractivity contribution in [2.45, 2.75) is 25.3 Å². The number of hydrogen-bond donors (Lipinski definition) is 3. The molecule has 0 radical (unpaired) electrons. The van der Waals surface area contributed by atoms with E-state index in [0.29, 0.717) is 46.7 Å². The fourth-order valence-electron chi connectivity index (χ4n) is 5.22. The lowest BCUT2D eigenvalue weighted by Crippen LogP contribution is -2.24. The average Bonchev–Trinajstić information content (AvgIpc) is 3.84. The molecule has 2 aromatic carbocycles. The molecule has 240 valence electrons. The zero-order valence-corrected chi connectivity index (χ0v) is 26.0. The van der Waals surface area contributed by atoms with E-state index < -0.39 is 22.9 Å². The molecule has 0 atom stereocenters. The number of ether oxygens (including phenoxy) is 1. The summed E-state index contributed by atoms with van der Waals surface area (Å²) in [4.78, 5) is 47.3. The number of anilines is 4. The second-order valence-corrected chi connectivity index (χ2v) is 11.3. The van der Waals surface area contributed by atoms with Crippen molar-refractivity contribution in [1.82, 2.24) is 19.4 Å². The van der Waals surface area contributed by atoms with Crippen molar-refractivity contribution in [2.24, 2.45) is 0 Å². The van der Waals surface area contributed by atoms with Crippen molar-refractivity contribution < 1.29 is 18.4 Å². The van der Waals surface area contributed by atoms with Gasteiger partial charge in [-0.05, 0) is 52.0 Å². The summed E-state index contributed by atoms with van der Waals surface area (Å²) in [6.45, 7) is 1.40. The highest BCUT2D eigenvalue weighted by atomic mass is 16.5. The zero-order chi connectivity index (χ0) is 33.1. The number of nitrogens with one attached hydrogen (secondary N) is 3. The summed E-state index contributed by atoms with van der Waals surface area (Å²) >= 11 is 0. The first-order chi connectivity index (χ1) is 22.7. The van der Waals surface area contributed by atoms with E-state index in [4.69, 9.17) is 14.1 Å². The van der Waals surface area contributed by atoms with Crippen LogP contribution in [-0.2, 0) is 0 Å². The van der Waals surface area contributed by atoms with E-state index in [2.05, 4.69) is 47.0 Å². The second kappa shape index (κ2) is 13.2. The topological polar surface area (TPSA) is 181 Å². The van der Waals surface area contributed by atoms with Crippen LogP contribution in [-0.4, -0.2) is 59.6 Å². The summed E-state index contributed by atoms with van der Waals surface area (Å²) in [5.41, 5.74) is 1.40. The number of nitriles is 1. The van der Waals surface area contributed by atoms with Crippen LogP contribution in [0.15, 0.2) is 73.5 Å². The van der Waals surface area contributed by atoms with Crippen molar-refractivity contribution >= 4 is 39.8 Å². The molecule has 1 aliphatic carbocycles. The molecule has 1 fully saturated rings. The first-order valence-electron chi connectivity index (χ1n) is 14.9. The van der Waals surface area contributed by atoms with Crippen LogP contribution in [0, 0.1) is 11.3 Å². The van der Waals surface area contributed by atoms with Crippen LogP contribution in [0.1, 0.15) is 41.4 Å². The quantitative estimate of drug-likeness (QED) is 0.128. The van der Waals surface area contributed by atoms with Gasteiger partial charge in [-0.1, -0.05) is 18.2 Å². The van der Waals surface area contributed by atoms with Gasteiger partial charge < -0.3 is 39.0 Å². The number of carbonyl (C=O) groups excluding carboxylic acids is 1. The molecule has 0 spiro atoms. The molecule has 0 aliphatic heterocycles. The number of rotatable bonds is 12. The number of para-hydroxylation sites is 1. The second-order valence-electron chi connectivity index (χ2n) is 11.3. The molecule has 1 amide bonds. The van der Waals surface area contributed by atoms with Crippen molar-refractivity contribution in [3.8, 4) is 23.1 Å². The Labute approximate surface area is 268 Å². The van der Waals surface area contributed by atoms with E-state index in [9.17, 15) is 19.6 Å². The lowest BCUT2D eigenvalue weighted by molar-refractivity contribution is 0.0984. The third kappa shape index (κ3) is 6.70. The number of methoxy groups -OCH3 is 1. The maximum absolute atomic E-state index is 13.1. The Morgan fingerprint density at radius 2 is 1.96 bits per heavy atom. The predicted molar refractivity (Wildman–Crippen MR) is 175 cm³/mol. The van der Waals surface area contributed by atoms with Crippen LogP contribution < -0.4 is 31.9 Å². The molecular formula is C33H32N8O6. The summed E-state index contributed by atoms with van der Waals surface area (Å²) in [6.07, 6.45) is 7.30. The summed E-state index contributed by atoms with van der Waals surface area (Å²) in [6, 6.07) is 14.0. The first-order valence-corrected chi connectivity index (χ1v) is 14.9. The summed E-state index contributed by atoms with van der Waals surface area (Å²) in [5.74, 6) is -0.693. The molecule has 5 aromatic rings. The largest absolute Gasteiger partial charge is 0.494 e. The van der Waals surface area contributed by atoms with Gasteiger partial charge in [0, 0.05) is 41.3 Å². The Hall–Kier alpha value is -5.94. The van der Waals surface area contributed by atoms with Gasteiger partial charge in [0.2, 0.25) is 11.7 Å². The van der Waals surface area contributed by atoms with Crippen LogP contribution in [0.2, 0.25) is 0 Å². The number of benzene rings is 2. The number of fused-ring (bicyclic) bond motifs is 1. The van der Waals surface area contributed by atoms with Gasteiger partial charge >= 0.3 is 11.3 Å². The number of aromatic nitrogens is 3. The Morgan fingerprint density at radius 3 is 2.68 bits per heavy atom. The molecule has 6 rings (SSSR count). The lowest BCUT2D eigenvalue weighted by atomic mass is 10.1. The van der Waals surface area contributed by atoms with Gasteiger partial charge in [-0.3, -0.25) is 4.79 Å². The number of amides is 1. The molecule has 14 nitrogen and oxygen atoms in total. The molecule has 0 bridgehead atoms. The van der Waals surface area contributed by atoms with Crippen molar-refractivity contribution in [1.29, 1.82) is 5.26 Å². The van der Waals surface area contributed by atoms with Crippen LogP contribution >= 0.6 is 0 Å². The SMILES string of the molecule is COc1cc(NCCCN(C)C)c(NC(=O)c2coc(=O)c(=O)o2)cc1Nc1ncc(C#N)c(-c2cn(C3CC3)c3ccccc23)n1. The molecule has 47 heavy (non-hydrogen) atoms. The Kier molecular flexibility index (Phi) is 8.72. The molecule has 3 N–H and O–H groups in total. The standard InChI is InChI=1S/C33H32N8O6/c1-40(2)12-6-11-35-23-14-27(45-3)25(13-24(23)37-30(42)28-18-46-31(43)32(44)47-28)38-33-36-16-19(15-34)29(39-33)22-17-41(20-9-10-20)26-8-5-4-7-21(22)26/h4-5,7-8,13-14,16-18,20,35H,6,9-12H2,1-3H3,(H,37,42)(H,36,38,39).